The summed E-state index contributed by atoms with van der Waals surface area (Å²) in [6.07, 6.45) is 0.440. The lowest BCUT2D eigenvalue weighted by Gasteiger charge is -2.23. The third-order valence-electron chi connectivity index (χ3n) is 3.31. The summed E-state index contributed by atoms with van der Waals surface area (Å²) < 4.78 is 16.7. The number of allylic oxidation sites excluding steroid dienone is 1. The van der Waals surface area contributed by atoms with Crippen molar-refractivity contribution >= 4 is 34.3 Å². The maximum atomic E-state index is 12.3. The number of hydrogen-bond donors (Lipinski definition) is 0. The first kappa shape index (κ1) is 13.1. The number of ether oxygens (including phenoxy) is 1. The summed E-state index contributed by atoms with van der Waals surface area (Å²) in [7, 11) is 0. The second-order valence-corrected chi connectivity index (χ2v) is 5.66. The summed E-state index contributed by atoms with van der Waals surface area (Å²) in [6, 6.07) is 6.75. The van der Waals surface area contributed by atoms with E-state index in [0.29, 0.717) is 23.7 Å². The van der Waals surface area contributed by atoms with E-state index in [9.17, 15) is 9.59 Å². The van der Waals surface area contributed by atoms with Crippen LogP contribution in [0.15, 0.2) is 41.1 Å². The van der Waals surface area contributed by atoms with Crippen molar-refractivity contribution in [2.24, 2.45) is 0 Å². The number of rotatable bonds is 2. The molecule has 1 unspecified atom stereocenters. The molecule has 2 aliphatic heterocycles. The first-order valence-corrected chi connectivity index (χ1v) is 6.84. The molecule has 3 rings (SSSR count). The molecule has 1 aromatic carbocycles. The van der Waals surface area contributed by atoms with Crippen LogP contribution in [-0.2, 0) is 14.1 Å². The fourth-order valence-corrected chi connectivity index (χ4v) is 2.69. The second kappa shape index (κ2) is 4.59. The van der Waals surface area contributed by atoms with Gasteiger partial charge in [0.15, 0.2) is 0 Å². The average molecular weight is 337 g/mol. The van der Waals surface area contributed by atoms with Crippen molar-refractivity contribution < 1.29 is 23.6 Å². The molecule has 1 aromatic rings. The van der Waals surface area contributed by atoms with E-state index in [-0.39, 0.29) is 6.42 Å². The van der Waals surface area contributed by atoms with Gasteiger partial charge in [-0.2, -0.15) is 0 Å². The lowest BCUT2D eigenvalue weighted by molar-refractivity contribution is -0.133. The van der Waals surface area contributed by atoms with Crippen LogP contribution >= 0.6 is 15.9 Å². The van der Waals surface area contributed by atoms with Crippen LogP contribution in [0.25, 0.3) is 0 Å². The van der Waals surface area contributed by atoms with Gasteiger partial charge in [0.05, 0.1) is 5.76 Å². The summed E-state index contributed by atoms with van der Waals surface area (Å²) in [5, 5.41) is 0. The normalized spacial score (nSPS) is 24.1. The van der Waals surface area contributed by atoms with Gasteiger partial charge >= 0.3 is 12.5 Å². The van der Waals surface area contributed by atoms with Crippen molar-refractivity contribution in [1.29, 1.82) is 0 Å². The largest absolute Gasteiger partial charge is 0.660 e. The fraction of sp³-hybridized carbons (Fsp3) is 0.154. The molecule has 0 N–H and O–H groups in total. The van der Waals surface area contributed by atoms with Crippen molar-refractivity contribution in [2.45, 2.75) is 12.8 Å². The number of halogens is 1. The highest BCUT2D eigenvalue weighted by molar-refractivity contribution is 9.10. The van der Waals surface area contributed by atoms with Crippen molar-refractivity contribution in [3.8, 4) is 5.75 Å². The first-order valence-electron chi connectivity index (χ1n) is 6.05. The first-order chi connectivity index (χ1) is 9.49. The Balaban J connectivity index is 1.83. The monoisotopic (exact) mass is 336 g/mol. The number of fused-ring (bicyclic) bond motifs is 1. The Labute approximate surface area is 124 Å². The van der Waals surface area contributed by atoms with Gasteiger partial charge in [0.2, 0.25) is 0 Å². The predicted octanol–water partition coefficient (Wildman–Crippen LogP) is 2.97. The standard InChI is InChI=1S/C13H10BBrO5/c1-8-6-9-7-12(16)20-14(9,19-8)13(17)18-11-4-2-10(15)3-5-11/h2-5H,1,6-7H2. The molecule has 0 bridgehead atoms. The third-order valence-corrected chi connectivity index (χ3v) is 3.83. The molecule has 2 saturated heterocycles. The average Bonchev–Trinajstić information content (AvgIpc) is 2.84. The Morgan fingerprint density at radius 3 is 2.70 bits per heavy atom. The maximum absolute atomic E-state index is 12.3. The van der Waals surface area contributed by atoms with E-state index in [0.717, 1.165) is 4.47 Å². The van der Waals surface area contributed by atoms with E-state index >= 15 is 0 Å². The van der Waals surface area contributed by atoms with Gasteiger partial charge in [-0.05, 0) is 24.3 Å². The summed E-state index contributed by atoms with van der Waals surface area (Å²) in [4.78, 5) is 23.7. The number of carbonyl (C=O) groups excluding carboxylic acids is 2. The van der Waals surface area contributed by atoms with E-state index in [1.54, 1.807) is 24.3 Å². The van der Waals surface area contributed by atoms with Gasteiger partial charge in [-0.25, -0.2) is 0 Å². The molecule has 2 heterocycles. The highest BCUT2D eigenvalue weighted by Crippen LogP contribution is 2.44. The Hall–Kier alpha value is -1.89. The van der Waals surface area contributed by atoms with Gasteiger partial charge in [0.1, 0.15) is 18.6 Å². The summed E-state index contributed by atoms with van der Waals surface area (Å²) in [5.74, 6) is 0.201. The molecule has 0 saturated carbocycles. The van der Waals surface area contributed by atoms with Crippen LogP contribution in [-0.4, -0.2) is 18.4 Å². The molecule has 102 valence electrons. The Kier molecular flexibility index (Phi) is 3.01. The van der Waals surface area contributed by atoms with Gasteiger partial charge in [0, 0.05) is 10.3 Å². The molecule has 2 fully saturated rings. The minimum absolute atomic E-state index is 0.0778. The van der Waals surface area contributed by atoms with Crippen LogP contribution in [0.5, 0.6) is 5.75 Å². The van der Waals surface area contributed by atoms with Gasteiger partial charge in [-0.15, -0.1) is 0 Å². The minimum Gasteiger partial charge on any atom is -0.636 e. The summed E-state index contributed by atoms with van der Waals surface area (Å²) in [5.41, 5.74) is 0. The summed E-state index contributed by atoms with van der Waals surface area (Å²) >= 11 is 3.29. The summed E-state index contributed by atoms with van der Waals surface area (Å²) in [6.45, 7) is 1.17. The Bertz CT molecular complexity index is 577. The highest BCUT2D eigenvalue weighted by Gasteiger charge is 2.70. The SMILES string of the molecule is C=C1C[C+]2CC(=O)O[B-]2(C(=O)Oc2ccc(Br)cc2)O1. The lowest BCUT2D eigenvalue weighted by Crippen LogP contribution is -2.50. The van der Waals surface area contributed by atoms with E-state index in [1.165, 1.54) is 0 Å². The minimum atomic E-state index is -2.51. The molecule has 0 spiro atoms. The van der Waals surface area contributed by atoms with Crippen molar-refractivity contribution in [3.05, 3.63) is 46.9 Å². The number of hydrogen-bond acceptors (Lipinski definition) is 5. The van der Waals surface area contributed by atoms with Crippen molar-refractivity contribution in [1.82, 2.24) is 0 Å². The molecular weight excluding hydrogens is 327 g/mol. The van der Waals surface area contributed by atoms with Crippen molar-refractivity contribution in [2.75, 3.05) is 0 Å². The molecule has 0 amide bonds. The van der Waals surface area contributed by atoms with Crippen LogP contribution in [0.4, 0.5) is 4.79 Å². The molecule has 2 aliphatic rings. The van der Waals surface area contributed by atoms with Gasteiger partial charge in [-0.3, -0.25) is 9.59 Å². The van der Waals surface area contributed by atoms with Gasteiger partial charge in [0.25, 0.3) is 5.87 Å². The molecule has 20 heavy (non-hydrogen) atoms. The lowest BCUT2D eigenvalue weighted by atomic mass is 9.49. The topological polar surface area (TPSA) is 61.8 Å². The predicted molar refractivity (Wildman–Crippen MR) is 74.7 cm³/mol. The number of carbonyl (C=O) groups is 2. The van der Waals surface area contributed by atoms with E-state index < -0.39 is 18.4 Å². The van der Waals surface area contributed by atoms with Crippen LogP contribution in [0.2, 0.25) is 0 Å². The van der Waals surface area contributed by atoms with Crippen LogP contribution < -0.4 is 4.74 Å². The van der Waals surface area contributed by atoms with Crippen molar-refractivity contribution in [3.63, 3.8) is 0 Å². The molecule has 5 nitrogen and oxygen atoms in total. The fourth-order valence-electron chi connectivity index (χ4n) is 2.42. The molecule has 0 aromatic heterocycles. The molecule has 1 atom stereocenters. The zero-order valence-corrected chi connectivity index (χ0v) is 12.0. The van der Waals surface area contributed by atoms with E-state index in [4.69, 9.17) is 14.0 Å². The Morgan fingerprint density at radius 2 is 2.00 bits per heavy atom. The highest BCUT2D eigenvalue weighted by atomic mass is 79.9. The van der Waals surface area contributed by atoms with Crippen LogP contribution in [0.1, 0.15) is 12.8 Å². The second-order valence-electron chi connectivity index (χ2n) is 4.75. The third kappa shape index (κ3) is 2.08. The smallest absolute Gasteiger partial charge is 0.636 e. The zero-order valence-electron chi connectivity index (χ0n) is 10.4. The van der Waals surface area contributed by atoms with Crippen LogP contribution in [0.3, 0.4) is 0 Å². The maximum Gasteiger partial charge on any atom is 0.660 e. The molecule has 0 aliphatic carbocycles. The number of benzene rings is 1. The molecular formula is C13H10BBrO5. The van der Waals surface area contributed by atoms with Gasteiger partial charge < -0.3 is 14.0 Å². The van der Waals surface area contributed by atoms with E-state index in [2.05, 4.69) is 22.5 Å². The molecule has 7 heteroatoms. The zero-order chi connectivity index (χ0) is 14.3. The van der Waals surface area contributed by atoms with E-state index in [1.807, 2.05) is 0 Å². The molecule has 0 radical (unpaired) electrons. The van der Waals surface area contributed by atoms with Gasteiger partial charge in [-0.1, -0.05) is 22.5 Å². The quantitative estimate of drug-likeness (QED) is 0.613. The van der Waals surface area contributed by atoms with Crippen LogP contribution in [0, 0.1) is 5.82 Å². The Morgan fingerprint density at radius 1 is 1.30 bits per heavy atom.